The molecule has 30 heavy (non-hydrogen) atoms. The zero-order valence-corrected chi connectivity index (χ0v) is 19.1. The largest absolute Gasteiger partial charge is 0.376 e. The number of benzene rings is 2. The lowest BCUT2D eigenvalue weighted by Gasteiger charge is -2.11. The summed E-state index contributed by atoms with van der Waals surface area (Å²) >= 11 is 7.63. The quantitative estimate of drug-likeness (QED) is 0.466. The van der Waals surface area contributed by atoms with Crippen LogP contribution in [0.15, 0.2) is 51.9 Å². The maximum absolute atomic E-state index is 6.02. The molecule has 1 aliphatic heterocycles. The van der Waals surface area contributed by atoms with Gasteiger partial charge in [0.15, 0.2) is 0 Å². The first-order valence-corrected chi connectivity index (χ1v) is 11.5. The summed E-state index contributed by atoms with van der Waals surface area (Å²) in [5.41, 5.74) is 7.03. The van der Waals surface area contributed by atoms with Crippen LogP contribution < -0.4 is 4.80 Å². The number of aromatic nitrogens is 1. The van der Waals surface area contributed by atoms with E-state index in [1.54, 1.807) is 11.3 Å². The van der Waals surface area contributed by atoms with E-state index in [9.17, 15) is 0 Å². The number of hydrogen-bond donors (Lipinski definition) is 0. The van der Waals surface area contributed by atoms with Crippen LogP contribution in [0, 0.1) is 20.8 Å². The van der Waals surface area contributed by atoms with Gasteiger partial charge in [0.1, 0.15) is 0 Å². The fourth-order valence-electron chi connectivity index (χ4n) is 3.58. The molecule has 2 aromatic carbocycles. The Kier molecular flexibility index (Phi) is 6.52. The molecule has 0 N–H and O–H groups in total. The zero-order valence-electron chi connectivity index (χ0n) is 17.6. The van der Waals surface area contributed by atoms with Gasteiger partial charge in [-0.15, -0.1) is 11.3 Å². The van der Waals surface area contributed by atoms with Crippen LogP contribution in [-0.4, -0.2) is 30.1 Å². The standard InChI is InChI=1S/C24H26ClN3OS/c1-16-11-18(3)22(12-17(16)2)23-15-30-24(26-14-21-5-4-10-29-21)28(23)27-13-19-6-8-20(25)9-7-19/h6-9,11-13,15,21H,4-5,10,14H2,1-3H3. The maximum Gasteiger partial charge on any atom is 0.206 e. The normalized spacial score (nSPS) is 17.3. The van der Waals surface area contributed by atoms with E-state index in [-0.39, 0.29) is 6.10 Å². The minimum atomic E-state index is 0.215. The topological polar surface area (TPSA) is 38.9 Å². The van der Waals surface area contributed by atoms with Gasteiger partial charge in [0.2, 0.25) is 4.80 Å². The van der Waals surface area contributed by atoms with E-state index in [1.165, 1.54) is 22.3 Å². The van der Waals surface area contributed by atoms with Gasteiger partial charge in [-0.1, -0.05) is 29.8 Å². The lowest BCUT2D eigenvalue weighted by Crippen LogP contribution is -2.17. The molecule has 4 nitrogen and oxygen atoms in total. The number of thiazole rings is 1. The van der Waals surface area contributed by atoms with Crippen LogP contribution in [0.4, 0.5) is 0 Å². The zero-order chi connectivity index (χ0) is 21.1. The molecule has 0 amide bonds. The number of rotatable bonds is 5. The Morgan fingerprint density at radius 2 is 1.90 bits per heavy atom. The molecule has 3 aromatic rings. The van der Waals surface area contributed by atoms with Gasteiger partial charge in [-0.05, 0) is 74.1 Å². The van der Waals surface area contributed by atoms with Crippen molar-refractivity contribution in [1.29, 1.82) is 0 Å². The summed E-state index contributed by atoms with van der Waals surface area (Å²) in [7, 11) is 0. The van der Waals surface area contributed by atoms with Crippen molar-refractivity contribution in [2.45, 2.75) is 39.7 Å². The first-order valence-electron chi connectivity index (χ1n) is 10.2. The molecule has 1 aromatic heterocycles. The molecule has 0 aliphatic carbocycles. The van der Waals surface area contributed by atoms with Crippen LogP contribution >= 0.6 is 22.9 Å². The van der Waals surface area contributed by atoms with E-state index in [1.807, 2.05) is 35.2 Å². The molecular formula is C24H26ClN3OS. The third-order valence-corrected chi connectivity index (χ3v) is 6.55. The van der Waals surface area contributed by atoms with Crippen LogP contribution in [0.1, 0.15) is 35.1 Å². The van der Waals surface area contributed by atoms with Gasteiger partial charge < -0.3 is 4.74 Å². The van der Waals surface area contributed by atoms with Crippen LogP contribution in [-0.2, 0) is 4.74 Å². The van der Waals surface area contributed by atoms with Crippen molar-refractivity contribution < 1.29 is 4.74 Å². The number of ether oxygens (including phenoxy) is 1. The number of halogens is 1. The van der Waals surface area contributed by atoms with Gasteiger partial charge in [0.25, 0.3) is 0 Å². The van der Waals surface area contributed by atoms with Gasteiger partial charge in [0, 0.05) is 22.6 Å². The van der Waals surface area contributed by atoms with E-state index in [0.29, 0.717) is 11.6 Å². The second kappa shape index (κ2) is 9.29. The van der Waals surface area contributed by atoms with E-state index < -0.39 is 0 Å². The average molecular weight is 440 g/mol. The highest BCUT2D eigenvalue weighted by Gasteiger charge is 2.16. The molecule has 0 radical (unpaired) electrons. The van der Waals surface area contributed by atoms with Gasteiger partial charge in [-0.3, -0.25) is 4.99 Å². The van der Waals surface area contributed by atoms with Gasteiger partial charge in [-0.25, -0.2) is 4.68 Å². The summed E-state index contributed by atoms with van der Waals surface area (Å²) < 4.78 is 7.69. The summed E-state index contributed by atoms with van der Waals surface area (Å²) in [6, 6.07) is 12.1. The van der Waals surface area contributed by atoms with Crippen LogP contribution in [0.3, 0.4) is 0 Å². The third kappa shape index (κ3) is 4.75. The highest BCUT2D eigenvalue weighted by Crippen LogP contribution is 2.27. The van der Waals surface area contributed by atoms with Crippen molar-refractivity contribution in [2.24, 2.45) is 10.1 Å². The highest BCUT2D eigenvalue weighted by atomic mass is 35.5. The monoisotopic (exact) mass is 439 g/mol. The van der Waals surface area contributed by atoms with E-state index in [2.05, 4.69) is 38.3 Å². The smallest absolute Gasteiger partial charge is 0.206 e. The Balaban J connectivity index is 1.77. The van der Waals surface area contributed by atoms with Crippen LogP contribution in [0.25, 0.3) is 11.3 Å². The molecule has 4 rings (SSSR count). The van der Waals surface area contributed by atoms with Crippen molar-refractivity contribution in [2.75, 3.05) is 13.2 Å². The van der Waals surface area contributed by atoms with Crippen molar-refractivity contribution in [1.82, 2.24) is 4.68 Å². The summed E-state index contributed by atoms with van der Waals surface area (Å²) in [6.07, 6.45) is 4.26. The highest BCUT2D eigenvalue weighted by molar-refractivity contribution is 7.07. The van der Waals surface area contributed by atoms with Crippen molar-refractivity contribution >= 4 is 29.2 Å². The summed E-state index contributed by atoms with van der Waals surface area (Å²) in [6.45, 7) is 7.95. The molecule has 6 heteroatoms. The minimum absolute atomic E-state index is 0.215. The molecule has 1 atom stereocenters. The summed E-state index contributed by atoms with van der Waals surface area (Å²) in [5.74, 6) is 0. The first kappa shape index (κ1) is 21.0. The predicted molar refractivity (Wildman–Crippen MR) is 126 cm³/mol. The number of nitrogens with zero attached hydrogens (tertiary/aromatic N) is 3. The van der Waals surface area contributed by atoms with E-state index >= 15 is 0 Å². The fraction of sp³-hybridized carbons (Fsp3) is 0.333. The Morgan fingerprint density at radius 1 is 1.13 bits per heavy atom. The van der Waals surface area contributed by atoms with Gasteiger partial charge in [0.05, 0.1) is 24.6 Å². The first-order chi connectivity index (χ1) is 14.5. The third-order valence-electron chi connectivity index (χ3n) is 5.45. The molecule has 0 saturated carbocycles. The second-order valence-corrected chi connectivity index (χ2v) is 9.01. The number of aryl methyl sites for hydroxylation is 3. The summed E-state index contributed by atoms with van der Waals surface area (Å²) in [5, 5.41) is 7.67. The lowest BCUT2D eigenvalue weighted by atomic mass is 9.99. The summed E-state index contributed by atoms with van der Waals surface area (Å²) in [4.78, 5) is 5.73. The second-order valence-electron chi connectivity index (χ2n) is 7.74. The SMILES string of the molecule is Cc1cc(C)c(-c2csc(=NCC3CCCO3)n2N=Cc2ccc(Cl)cc2)cc1C. The van der Waals surface area contributed by atoms with Crippen LogP contribution in [0.2, 0.25) is 5.02 Å². The Hall–Kier alpha value is -2.21. The lowest BCUT2D eigenvalue weighted by molar-refractivity contribution is 0.117. The Morgan fingerprint density at radius 3 is 2.63 bits per heavy atom. The Bertz CT molecular complexity index is 1120. The molecule has 0 bridgehead atoms. The van der Waals surface area contributed by atoms with Gasteiger partial charge in [-0.2, -0.15) is 5.10 Å². The molecule has 1 fully saturated rings. The van der Waals surface area contributed by atoms with Crippen molar-refractivity contribution in [3.05, 3.63) is 73.9 Å². The van der Waals surface area contributed by atoms with E-state index in [4.69, 9.17) is 26.4 Å². The number of hydrogen-bond acceptors (Lipinski definition) is 4. The van der Waals surface area contributed by atoms with Crippen molar-refractivity contribution in [3.8, 4) is 11.3 Å². The molecule has 156 valence electrons. The molecule has 2 heterocycles. The van der Waals surface area contributed by atoms with Crippen LogP contribution in [0.5, 0.6) is 0 Å². The predicted octanol–water partition coefficient (Wildman–Crippen LogP) is 5.76. The molecular weight excluding hydrogens is 414 g/mol. The molecule has 1 unspecified atom stereocenters. The van der Waals surface area contributed by atoms with Gasteiger partial charge >= 0.3 is 0 Å². The van der Waals surface area contributed by atoms with E-state index in [0.717, 1.165) is 35.5 Å². The maximum atomic E-state index is 6.02. The average Bonchev–Trinajstić information content (AvgIpc) is 3.38. The van der Waals surface area contributed by atoms with Crippen molar-refractivity contribution in [3.63, 3.8) is 0 Å². The molecule has 0 spiro atoms. The fourth-order valence-corrected chi connectivity index (χ4v) is 4.55. The molecule has 1 aliphatic rings. The molecule has 1 saturated heterocycles. The minimum Gasteiger partial charge on any atom is -0.376 e. The Labute approximate surface area is 186 Å².